The molecule has 1 atom stereocenters. The predicted molar refractivity (Wildman–Crippen MR) is 157 cm³/mol. The number of aryl methyl sites for hydroxylation is 1. The lowest BCUT2D eigenvalue weighted by atomic mass is 9.68. The molecule has 0 saturated heterocycles. The molecule has 2 aliphatic carbocycles. The number of nitrogen functional groups attached to an aromatic ring is 2. The molecule has 3 aromatic rings. The first-order valence-electron chi connectivity index (χ1n) is 13.0. The summed E-state index contributed by atoms with van der Waals surface area (Å²) in [5.41, 5.74) is 17.8. The zero-order chi connectivity index (χ0) is 27.6. The molecule has 0 saturated carbocycles. The summed E-state index contributed by atoms with van der Waals surface area (Å²) in [6.07, 6.45) is 4.92. The number of Topliss-reactive ketones (excluding diaryl/α,β-unsaturated/α-hetero) is 1. The van der Waals surface area contributed by atoms with Crippen LogP contribution in [0.25, 0.3) is 0 Å². The number of fused-ring (bicyclic) bond motifs is 2. The van der Waals surface area contributed by atoms with Gasteiger partial charge < -0.3 is 11.5 Å². The highest BCUT2D eigenvalue weighted by molar-refractivity contribution is 9.10. The number of rotatable bonds is 2. The van der Waals surface area contributed by atoms with Crippen molar-refractivity contribution >= 4 is 55.4 Å². The van der Waals surface area contributed by atoms with Gasteiger partial charge in [-0.2, -0.15) is 10.5 Å². The van der Waals surface area contributed by atoms with Crippen LogP contribution in [0.15, 0.2) is 40.0 Å². The van der Waals surface area contributed by atoms with E-state index in [2.05, 4.69) is 41.9 Å². The maximum Gasteiger partial charge on any atom is 0.162 e. The monoisotopic (exact) mass is 598 g/mol. The number of ketones is 1. The molecule has 4 N–H and O–H groups in total. The molecule has 0 spiro atoms. The minimum Gasteiger partial charge on any atom is -0.397 e. The van der Waals surface area contributed by atoms with Crippen LogP contribution in [-0.2, 0) is 17.6 Å². The van der Waals surface area contributed by atoms with E-state index >= 15 is 0 Å². The van der Waals surface area contributed by atoms with Crippen LogP contribution in [0.4, 0.5) is 22.3 Å². The van der Waals surface area contributed by atoms with Gasteiger partial charge in [0.1, 0.15) is 34.3 Å². The SMILES string of the molecule is CC1(C)CC(=O)C2=C(C1)N(c1sc3c(c1C#N)CCCC3)c1nc(N)c(C#N)c(N)c1[C@@H]2c1cccc(Br)c1. The third-order valence-electron chi connectivity index (χ3n) is 8.00. The van der Waals surface area contributed by atoms with Gasteiger partial charge in [0, 0.05) is 38.5 Å². The van der Waals surface area contributed by atoms with Crippen LogP contribution in [0.3, 0.4) is 0 Å². The summed E-state index contributed by atoms with van der Waals surface area (Å²) in [5.74, 6) is 0.0504. The predicted octanol–water partition coefficient (Wildman–Crippen LogP) is 6.62. The van der Waals surface area contributed by atoms with Crippen molar-refractivity contribution in [1.29, 1.82) is 10.5 Å². The number of thiophene rings is 1. The molecule has 0 unspecified atom stereocenters. The summed E-state index contributed by atoms with van der Waals surface area (Å²) in [5, 5.41) is 21.1. The Bertz CT molecular complexity index is 1690. The van der Waals surface area contributed by atoms with Gasteiger partial charge >= 0.3 is 0 Å². The smallest absolute Gasteiger partial charge is 0.162 e. The standard InChI is InChI=1S/C30H27BrN6OS/c1-30(2)11-20-24(21(38)12-30)23(15-6-5-7-16(31)10-15)25-26(34)19(14-33)27(35)36-28(25)37(20)29-18(13-32)17-8-3-4-9-22(17)39-29/h5-7,10,23H,3-4,8-9,11-12H2,1-2H3,(H4,34,35,36)/t23-/m1/s1. The second-order valence-electron chi connectivity index (χ2n) is 11.3. The molecular formula is C30H27BrN6OS. The van der Waals surface area contributed by atoms with E-state index in [0.717, 1.165) is 52.0 Å². The highest BCUT2D eigenvalue weighted by atomic mass is 79.9. The number of nitrogens with zero attached hydrogens (tertiary/aromatic N) is 4. The molecule has 0 bridgehead atoms. The second-order valence-corrected chi connectivity index (χ2v) is 13.3. The zero-order valence-corrected chi connectivity index (χ0v) is 24.2. The van der Waals surface area contributed by atoms with Gasteiger partial charge in [0.25, 0.3) is 0 Å². The van der Waals surface area contributed by atoms with Crippen LogP contribution in [0.5, 0.6) is 0 Å². The normalized spacial score (nSPS) is 19.6. The molecule has 0 fully saturated rings. The number of anilines is 4. The van der Waals surface area contributed by atoms with Gasteiger partial charge in [-0.3, -0.25) is 9.69 Å². The van der Waals surface area contributed by atoms with Crippen molar-refractivity contribution in [3.05, 3.63) is 72.7 Å². The fourth-order valence-corrected chi connectivity index (χ4v) is 8.14. The summed E-state index contributed by atoms with van der Waals surface area (Å²) < 4.78 is 0.870. The number of benzene rings is 1. The van der Waals surface area contributed by atoms with E-state index in [0.29, 0.717) is 35.4 Å². The van der Waals surface area contributed by atoms with E-state index in [1.807, 2.05) is 29.2 Å². The Balaban J connectivity index is 1.75. The number of hydrogen-bond acceptors (Lipinski definition) is 8. The first-order valence-corrected chi connectivity index (χ1v) is 14.6. The van der Waals surface area contributed by atoms with Crippen molar-refractivity contribution in [2.75, 3.05) is 16.4 Å². The van der Waals surface area contributed by atoms with E-state index in [4.69, 9.17) is 16.5 Å². The fourth-order valence-electron chi connectivity index (χ4n) is 6.36. The molecule has 0 amide bonds. The Morgan fingerprint density at radius 1 is 1.13 bits per heavy atom. The number of halogens is 1. The number of allylic oxidation sites excluding steroid dienone is 2. The Labute approximate surface area is 239 Å². The summed E-state index contributed by atoms with van der Waals surface area (Å²) >= 11 is 5.18. The van der Waals surface area contributed by atoms with Gasteiger partial charge in [-0.05, 0) is 60.8 Å². The summed E-state index contributed by atoms with van der Waals surface area (Å²) in [6, 6.07) is 12.4. The second kappa shape index (κ2) is 9.22. The third kappa shape index (κ3) is 3.95. The lowest BCUT2D eigenvalue weighted by molar-refractivity contribution is -0.118. The fraction of sp³-hybridized carbons (Fsp3) is 0.333. The van der Waals surface area contributed by atoms with E-state index in [1.165, 1.54) is 4.88 Å². The van der Waals surface area contributed by atoms with Gasteiger partial charge in [0.2, 0.25) is 0 Å². The average molecular weight is 600 g/mol. The molecule has 1 aliphatic heterocycles. The molecule has 39 heavy (non-hydrogen) atoms. The Morgan fingerprint density at radius 3 is 2.59 bits per heavy atom. The zero-order valence-electron chi connectivity index (χ0n) is 21.8. The Hall–Kier alpha value is -3.66. The summed E-state index contributed by atoms with van der Waals surface area (Å²) in [4.78, 5) is 22.0. The molecule has 6 rings (SSSR count). The Kier molecular flexibility index (Phi) is 6.05. The van der Waals surface area contributed by atoms with Crippen LogP contribution in [0, 0.1) is 28.1 Å². The van der Waals surface area contributed by atoms with E-state index in [-0.39, 0.29) is 28.3 Å². The van der Waals surface area contributed by atoms with Gasteiger partial charge in [0.15, 0.2) is 5.78 Å². The number of pyridine rings is 1. The van der Waals surface area contributed by atoms with E-state index < -0.39 is 5.92 Å². The first kappa shape index (κ1) is 25.6. The van der Waals surface area contributed by atoms with Crippen LogP contribution in [0.1, 0.15) is 78.1 Å². The molecule has 2 aromatic heterocycles. The average Bonchev–Trinajstić information content (AvgIpc) is 3.25. The molecule has 3 aliphatic rings. The van der Waals surface area contributed by atoms with E-state index in [9.17, 15) is 15.3 Å². The number of hydrogen-bond donors (Lipinski definition) is 2. The highest BCUT2D eigenvalue weighted by Crippen LogP contribution is 2.57. The van der Waals surface area contributed by atoms with Crippen molar-refractivity contribution in [1.82, 2.24) is 4.98 Å². The molecule has 9 heteroatoms. The topological polar surface area (TPSA) is 133 Å². The lowest BCUT2D eigenvalue weighted by Crippen LogP contribution is -2.39. The number of nitriles is 2. The van der Waals surface area contributed by atoms with Crippen molar-refractivity contribution < 1.29 is 4.79 Å². The maximum absolute atomic E-state index is 14.1. The third-order valence-corrected chi connectivity index (χ3v) is 9.77. The van der Waals surface area contributed by atoms with Crippen LogP contribution in [0.2, 0.25) is 0 Å². The largest absolute Gasteiger partial charge is 0.397 e. The lowest BCUT2D eigenvalue weighted by Gasteiger charge is -2.44. The molecular weight excluding hydrogens is 572 g/mol. The minimum atomic E-state index is -0.521. The van der Waals surface area contributed by atoms with Crippen molar-refractivity contribution in [3.63, 3.8) is 0 Å². The number of aromatic nitrogens is 1. The molecule has 196 valence electrons. The minimum absolute atomic E-state index is 0.0384. The molecule has 7 nitrogen and oxygen atoms in total. The van der Waals surface area contributed by atoms with Crippen LogP contribution >= 0.6 is 27.3 Å². The van der Waals surface area contributed by atoms with Gasteiger partial charge in [-0.1, -0.05) is 41.9 Å². The van der Waals surface area contributed by atoms with Gasteiger partial charge in [0.05, 0.1) is 11.3 Å². The number of carbonyl (C=O) groups excluding carboxylic acids is 1. The maximum atomic E-state index is 14.1. The van der Waals surface area contributed by atoms with Crippen molar-refractivity contribution in [2.45, 2.75) is 58.3 Å². The van der Waals surface area contributed by atoms with Crippen LogP contribution in [-0.4, -0.2) is 10.8 Å². The van der Waals surface area contributed by atoms with Crippen molar-refractivity contribution in [3.8, 4) is 12.1 Å². The van der Waals surface area contributed by atoms with Gasteiger partial charge in [-0.15, -0.1) is 11.3 Å². The number of carbonyl (C=O) groups is 1. The quantitative estimate of drug-likeness (QED) is 0.338. The summed E-state index contributed by atoms with van der Waals surface area (Å²) in [6.45, 7) is 4.19. The van der Waals surface area contributed by atoms with Gasteiger partial charge in [-0.25, -0.2) is 4.98 Å². The Morgan fingerprint density at radius 2 is 1.87 bits per heavy atom. The van der Waals surface area contributed by atoms with E-state index in [1.54, 1.807) is 11.3 Å². The summed E-state index contributed by atoms with van der Waals surface area (Å²) in [7, 11) is 0. The highest BCUT2D eigenvalue weighted by Gasteiger charge is 2.47. The first-order chi connectivity index (χ1) is 18.6. The molecule has 1 aromatic carbocycles. The van der Waals surface area contributed by atoms with Crippen molar-refractivity contribution in [2.24, 2.45) is 5.41 Å². The van der Waals surface area contributed by atoms with Crippen LogP contribution < -0.4 is 16.4 Å². The molecule has 3 heterocycles. The number of nitrogens with two attached hydrogens (primary N) is 2. The molecule has 0 radical (unpaired) electrons.